The summed E-state index contributed by atoms with van der Waals surface area (Å²) in [5.41, 5.74) is 7.26. The standard InChI is InChI=1S/C28H32N4O/c1-6-18-14-21-22(15-24(18)32-11-9-19(10-12-32)31(4)5)28(2,3)27-25(26(21)33)20-8-7-17(16-29)13-23(20)30-27/h7-8,13-15,19,30H,6,9-12H2,1-5H3. The second-order valence-electron chi connectivity index (χ2n) is 10.3. The number of hydrogen-bond acceptors (Lipinski definition) is 4. The SMILES string of the molecule is CCc1cc2c(cc1N1CCC(N(C)C)CC1)C(C)(C)c1[nH]c3cc(C#N)ccc3c1C2=O. The number of hydrogen-bond donors (Lipinski definition) is 1. The molecule has 1 fully saturated rings. The van der Waals surface area contributed by atoms with Gasteiger partial charge in [0.1, 0.15) is 0 Å². The Morgan fingerprint density at radius 3 is 2.55 bits per heavy atom. The van der Waals surface area contributed by atoms with E-state index >= 15 is 0 Å². The first-order valence-corrected chi connectivity index (χ1v) is 12.0. The zero-order valence-electron chi connectivity index (χ0n) is 20.2. The van der Waals surface area contributed by atoms with Gasteiger partial charge in [0.2, 0.25) is 0 Å². The van der Waals surface area contributed by atoms with E-state index in [1.165, 1.54) is 11.3 Å². The molecule has 5 rings (SSSR count). The lowest BCUT2D eigenvalue weighted by molar-refractivity contribution is 0.103. The Kier molecular flexibility index (Phi) is 5.10. The molecule has 2 heterocycles. The number of ketones is 1. The van der Waals surface area contributed by atoms with E-state index in [1.54, 1.807) is 6.07 Å². The van der Waals surface area contributed by atoms with Crippen LogP contribution < -0.4 is 4.90 Å². The lowest BCUT2D eigenvalue weighted by Crippen LogP contribution is -2.42. The van der Waals surface area contributed by atoms with E-state index in [0.29, 0.717) is 11.6 Å². The predicted molar refractivity (Wildman–Crippen MR) is 133 cm³/mol. The number of carbonyl (C=O) groups excluding carboxylic acids is 1. The number of nitrogens with zero attached hydrogens (tertiary/aromatic N) is 3. The minimum absolute atomic E-state index is 0.0860. The van der Waals surface area contributed by atoms with Crippen molar-refractivity contribution in [2.75, 3.05) is 32.1 Å². The number of H-pyrrole nitrogens is 1. The van der Waals surface area contributed by atoms with Crippen LogP contribution in [-0.4, -0.2) is 48.9 Å². The summed E-state index contributed by atoms with van der Waals surface area (Å²) in [5, 5.41) is 10.2. The number of fused-ring (bicyclic) bond motifs is 4. The summed E-state index contributed by atoms with van der Waals surface area (Å²) in [6.45, 7) is 8.66. The molecule has 0 amide bonds. The van der Waals surface area contributed by atoms with Gasteiger partial charge in [-0.25, -0.2) is 0 Å². The van der Waals surface area contributed by atoms with Crippen molar-refractivity contribution < 1.29 is 4.79 Å². The summed E-state index contributed by atoms with van der Waals surface area (Å²) in [7, 11) is 4.34. The van der Waals surface area contributed by atoms with Gasteiger partial charge in [-0.2, -0.15) is 5.26 Å². The van der Waals surface area contributed by atoms with Crippen molar-refractivity contribution in [2.24, 2.45) is 0 Å². The summed E-state index contributed by atoms with van der Waals surface area (Å²) >= 11 is 0. The van der Waals surface area contributed by atoms with E-state index in [4.69, 9.17) is 0 Å². The first-order chi connectivity index (χ1) is 15.8. The fourth-order valence-electron chi connectivity index (χ4n) is 5.78. The monoisotopic (exact) mass is 440 g/mol. The third-order valence-corrected chi connectivity index (χ3v) is 7.83. The van der Waals surface area contributed by atoms with E-state index in [2.05, 4.69) is 67.9 Å². The summed E-state index contributed by atoms with van der Waals surface area (Å²) in [6.07, 6.45) is 3.21. The normalized spacial score (nSPS) is 17.8. The van der Waals surface area contributed by atoms with E-state index in [9.17, 15) is 10.1 Å². The van der Waals surface area contributed by atoms with Gasteiger partial charge in [-0.15, -0.1) is 0 Å². The largest absolute Gasteiger partial charge is 0.371 e. The highest BCUT2D eigenvalue weighted by molar-refractivity contribution is 6.20. The van der Waals surface area contributed by atoms with Crippen LogP contribution in [0.3, 0.4) is 0 Å². The van der Waals surface area contributed by atoms with Crippen LogP contribution in [0.25, 0.3) is 10.9 Å². The first kappa shape index (κ1) is 21.7. The van der Waals surface area contributed by atoms with Gasteiger partial charge >= 0.3 is 0 Å². The second-order valence-corrected chi connectivity index (χ2v) is 10.3. The minimum Gasteiger partial charge on any atom is -0.371 e. The van der Waals surface area contributed by atoms with Gasteiger partial charge in [0.05, 0.1) is 17.2 Å². The van der Waals surface area contributed by atoms with Crippen molar-refractivity contribution in [3.63, 3.8) is 0 Å². The topological polar surface area (TPSA) is 63.1 Å². The van der Waals surface area contributed by atoms with Crippen molar-refractivity contribution in [1.82, 2.24) is 9.88 Å². The molecule has 0 saturated carbocycles. The van der Waals surface area contributed by atoms with Gasteiger partial charge in [-0.05, 0) is 68.8 Å². The van der Waals surface area contributed by atoms with Crippen LogP contribution in [0, 0.1) is 11.3 Å². The number of benzene rings is 2. The predicted octanol–water partition coefficient (Wildman–Crippen LogP) is 5.00. The molecule has 0 bridgehead atoms. The number of nitriles is 1. The molecule has 1 saturated heterocycles. The third-order valence-electron chi connectivity index (χ3n) is 7.83. The molecule has 33 heavy (non-hydrogen) atoms. The van der Waals surface area contributed by atoms with Crippen molar-refractivity contribution in [2.45, 2.75) is 51.5 Å². The van der Waals surface area contributed by atoms with Gasteiger partial charge in [-0.1, -0.05) is 26.8 Å². The quantitative estimate of drug-likeness (QED) is 0.622. The third kappa shape index (κ3) is 3.28. The summed E-state index contributed by atoms with van der Waals surface area (Å²) < 4.78 is 0. The first-order valence-electron chi connectivity index (χ1n) is 12.0. The zero-order valence-corrected chi connectivity index (χ0v) is 20.2. The van der Waals surface area contributed by atoms with E-state index in [1.807, 2.05) is 12.1 Å². The Morgan fingerprint density at radius 2 is 1.91 bits per heavy atom. The molecule has 3 aromatic rings. The van der Waals surface area contributed by atoms with Crippen LogP contribution in [0.2, 0.25) is 0 Å². The van der Waals surface area contributed by atoms with Crippen molar-refractivity contribution >= 4 is 22.4 Å². The number of anilines is 1. The molecule has 0 atom stereocenters. The highest BCUT2D eigenvalue weighted by Crippen LogP contribution is 2.46. The Bertz CT molecular complexity index is 1300. The number of aromatic amines is 1. The van der Waals surface area contributed by atoms with Crippen molar-refractivity contribution in [3.8, 4) is 6.07 Å². The molecule has 1 aromatic heterocycles. The smallest absolute Gasteiger partial charge is 0.195 e. The maximum atomic E-state index is 13.8. The van der Waals surface area contributed by atoms with Gasteiger partial charge in [0.15, 0.2) is 5.78 Å². The van der Waals surface area contributed by atoms with Crippen LogP contribution in [0.5, 0.6) is 0 Å². The minimum atomic E-state index is -0.340. The van der Waals surface area contributed by atoms with Crippen LogP contribution in [0.1, 0.15) is 71.9 Å². The average molecular weight is 441 g/mol. The molecule has 170 valence electrons. The Morgan fingerprint density at radius 1 is 1.18 bits per heavy atom. The molecule has 0 spiro atoms. The van der Waals surface area contributed by atoms with E-state index < -0.39 is 0 Å². The number of carbonyl (C=O) groups is 1. The lowest BCUT2D eigenvalue weighted by Gasteiger charge is -2.39. The maximum Gasteiger partial charge on any atom is 0.195 e. The molecular formula is C28H32N4O. The molecule has 2 aliphatic rings. The maximum absolute atomic E-state index is 13.8. The fourth-order valence-corrected chi connectivity index (χ4v) is 5.78. The molecule has 2 aromatic carbocycles. The number of aromatic nitrogens is 1. The summed E-state index contributed by atoms with van der Waals surface area (Å²) in [6, 6.07) is 12.8. The Labute approximate surface area is 196 Å². The highest BCUT2D eigenvalue weighted by atomic mass is 16.1. The van der Waals surface area contributed by atoms with E-state index in [-0.39, 0.29) is 11.2 Å². The molecule has 5 nitrogen and oxygen atoms in total. The number of nitrogens with one attached hydrogen (secondary N) is 1. The van der Waals surface area contributed by atoms with Gasteiger partial charge in [0.25, 0.3) is 0 Å². The average Bonchev–Trinajstić information content (AvgIpc) is 3.22. The number of piperidine rings is 1. The number of aryl methyl sites for hydroxylation is 1. The fraction of sp³-hybridized carbons (Fsp3) is 0.429. The van der Waals surface area contributed by atoms with Crippen LogP contribution in [0.4, 0.5) is 5.69 Å². The van der Waals surface area contributed by atoms with E-state index in [0.717, 1.165) is 65.6 Å². The van der Waals surface area contributed by atoms with Crippen LogP contribution in [-0.2, 0) is 11.8 Å². The van der Waals surface area contributed by atoms with Crippen LogP contribution in [0.15, 0.2) is 30.3 Å². The molecule has 1 aliphatic heterocycles. The summed E-state index contributed by atoms with van der Waals surface area (Å²) in [5.74, 6) is 0.0860. The zero-order chi connectivity index (χ0) is 23.5. The molecule has 0 unspecified atom stereocenters. The second kappa shape index (κ2) is 7.74. The van der Waals surface area contributed by atoms with Crippen molar-refractivity contribution in [1.29, 1.82) is 5.26 Å². The lowest BCUT2D eigenvalue weighted by atomic mass is 9.70. The van der Waals surface area contributed by atoms with Gasteiger partial charge < -0.3 is 14.8 Å². The molecular weight excluding hydrogens is 408 g/mol. The Hall–Kier alpha value is -3.10. The Balaban J connectivity index is 1.63. The highest BCUT2D eigenvalue weighted by Gasteiger charge is 2.40. The van der Waals surface area contributed by atoms with Crippen LogP contribution >= 0.6 is 0 Å². The number of rotatable bonds is 3. The van der Waals surface area contributed by atoms with Gasteiger partial charge in [0, 0.05) is 52.4 Å². The molecule has 0 radical (unpaired) electrons. The summed E-state index contributed by atoms with van der Waals surface area (Å²) in [4.78, 5) is 22.2. The molecule has 1 N–H and O–H groups in total. The molecule has 1 aliphatic carbocycles. The van der Waals surface area contributed by atoms with Gasteiger partial charge in [-0.3, -0.25) is 4.79 Å². The van der Waals surface area contributed by atoms with Crippen molar-refractivity contribution in [3.05, 3.63) is 63.8 Å². The molecule has 5 heteroatoms.